The largest absolute Gasteiger partial charge is 0.508 e. The van der Waals surface area contributed by atoms with E-state index in [1.54, 1.807) is 0 Å². The van der Waals surface area contributed by atoms with Gasteiger partial charge in [-0.25, -0.2) is 0 Å². The van der Waals surface area contributed by atoms with Crippen LogP contribution in [0.1, 0.15) is 13.8 Å². The van der Waals surface area contributed by atoms with Gasteiger partial charge < -0.3 is 5.11 Å². The van der Waals surface area contributed by atoms with Crippen molar-refractivity contribution in [2.24, 2.45) is 0 Å². The average molecular weight is 98.1 g/mol. The van der Waals surface area contributed by atoms with Gasteiger partial charge in [-0.2, -0.15) is 0 Å². The van der Waals surface area contributed by atoms with Gasteiger partial charge in [-0.3, -0.25) is 0 Å². The lowest BCUT2D eigenvalue weighted by Crippen LogP contribution is -1.76. The highest BCUT2D eigenvalue weighted by molar-refractivity contribution is 5.17. The summed E-state index contributed by atoms with van der Waals surface area (Å²) in [6, 6.07) is 0. The first-order valence-electron chi connectivity index (χ1n) is 2.19. The lowest BCUT2D eigenvalue weighted by Gasteiger charge is -1.91. The predicted molar refractivity (Wildman–Crippen MR) is 31.2 cm³/mol. The Bertz CT molecular complexity index is 101. The van der Waals surface area contributed by atoms with E-state index >= 15 is 0 Å². The van der Waals surface area contributed by atoms with Crippen molar-refractivity contribution in [2.75, 3.05) is 0 Å². The zero-order chi connectivity index (χ0) is 5.86. The van der Waals surface area contributed by atoms with Crippen molar-refractivity contribution < 1.29 is 5.11 Å². The van der Waals surface area contributed by atoms with E-state index in [0.29, 0.717) is 0 Å². The second-order valence-electron chi connectivity index (χ2n) is 1.42. The molecule has 0 spiro atoms. The van der Waals surface area contributed by atoms with E-state index in [0.717, 1.165) is 5.57 Å². The summed E-state index contributed by atoms with van der Waals surface area (Å²) in [7, 11) is 0. The fourth-order valence-electron chi connectivity index (χ4n) is 0.167. The maximum absolute atomic E-state index is 8.56. The van der Waals surface area contributed by atoms with Crippen LogP contribution < -0.4 is 0 Å². The molecule has 0 saturated heterocycles. The van der Waals surface area contributed by atoms with Crippen molar-refractivity contribution in [1.29, 1.82) is 0 Å². The molecule has 0 radical (unpaired) electrons. The molecule has 0 unspecified atom stereocenters. The molecule has 0 heterocycles. The van der Waals surface area contributed by atoms with Crippen LogP contribution in [-0.4, -0.2) is 5.11 Å². The zero-order valence-corrected chi connectivity index (χ0v) is 4.73. The van der Waals surface area contributed by atoms with Gasteiger partial charge in [0.15, 0.2) is 0 Å². The highest BCUT2D eigenvalue weighted by Crippen LogP contribution is 1.99. The Balaban J connectivity index is 3.82. The maximum atomic E-state index is 8.56. The van der Waals surface area contributed by atoms with Gasteiger partial charge in [-0.15, -0.1) is 0 Å². The molecular formula is C6H10O. The quantitative estimate of drug-likeness (QED) is 0.393. The second kappa shape index (κ2) is 2.45. The Morgan fingerprint density at radius 1 is 1.71 bits per heavy atom. The zero-order valence-electron chi connectivity index (χ0n) is 4.73. The Morgan fingerprint density at radius 3 is 2.14 bits per heavy atom. The number of hydrogen-bond acceptors (Lipinski definition) is 1. The van der Waals surface area contributed by atoms with Gasteiger partial charge in [0.1, 0.15) is 5.76 Å². The standard InChI is InChI=1S/C6H10O/c1-4-5(2)6(3)7/h4,7H,3H2,1-2H3/b5-4+. The monoisotopic (exact) mass is 98.1 g/mol. The first-order valence-corrected chi connectivity index (χ1v) is 2.19. The molecule has 0 aliphatic rings. The molecule has 0 fully saturated rings. The summed E-state index contributed by atoms with van der Waals surface area (Å²) >= 11 is 0. The van der Waals surface area contributed by atoms with Crippen LogP contribution in [-0.2, 0) is 0 Å². The first-order chi connectivity index (χ1) is 3.18. The molecule has 0 saturated carbocycles. The van der Waals surface area contributed by atoms with Crippen molar-refractivity contribution in [3.8, 4) is 0 Å². The molecule has 0 aromatic carbocycles. The number of rotatable bonds is 1. The highest BCUT2D eigenvalue weighted by atomic mass is 16.3. The summed E-state index contributed by atoms with van der Waals surface area (Å²) in [5, 5.41) is 8.56. The smallest absolute Gasteiger partial charge is 0.110 e. The maximum Gasteiger partial charge on any atom is 0.110 e. The van der Waals surface area contributed by atoms with Crippen LogP contribution in [0.25, 0.3) is 0 Å². The molecule has 1 heteroatoms. The molecule has 0 amide bonds. The van der Waals surface area contributed by atoms with Crippen molar-refractivity contribution >= 4 is 0 Å². The Morgan fingerprint density at radius 2 is 2.14 bits per heavy atom. The van der Waals surface area contributed by atoms with E-state index < -0.39 is 0 Å². The van der Waals surface area contributed by atoms with Gasteiger partial charge in [-0.05, 0) is 19.4 Å². The van der Waals surface area contributed by atoms with E-state index in [1.165, 1.54) is 0 Å². The molecule has 1 N–H and O–H groups in total. The third-order valence-corrected chi connectivity index (χ3v) is 0.888. The molecule has 40 valence electrons. The first kappa shape index (κ1) is 6.28. The number of allylic oxidation sites excluding steroid dienone is 2. The van der Waals surface area contributed by atoms with Crippen LogP contribution >= 0.6 is 0 Å². The third-order valence-electron chi connectivity index (χ3n) is 0.888. The topological polar surface area (TPSA) is 20.2 Å². The molecule has 0 aromatic heterocycles. The summed E-state index contributed by atoms with van der Waals surface area (Å²) in [5.41, 5.74) is 0.833. The van der Waals surface area contributed by atoms with Crippen LogP contribution in [0.15, 0.2) is 24.0 Å². The molecule has 0 aliphatic carbocycles. The summed E-state index contributed by atoms with van der Waals surface area (Å²) in [4.78, 5) is 0. The van der Waals surface area contributed by atoms with E-state index in [2.05, 4.69) is 6.58 Å². The van der Waals surface area contributed by atoms with Crippen molar-refractivity contribution in [1.82, 2.24) is 0 Å². The molecule has 0 atom stereocenters. The minimum atomic E-state index is 0.155. The number of aliphatic hydroxyl groups excluding tert-OH is 1. The molecular weight excluding hydrogens is 88.1 g/mol. The Kier molecular flexibility index (Phi) is 2.20. The third kappa shape index (κ3) is 2.04. The molecule has 0 rings (SSSR count). The lowest BCUT2D eigenvalue weighted by atomic mass is 10.3. The fraction of sp³-hybridized carbons (Fsp3) is 0.333. The molecule has 0 aromatic rings. The van der Waals surface area contributed by atoms with Crippen molar-refractivity contribution in [3.05, 3.63) is 24.0 Å². The lowest BCUT2D eigenvalue weighted by molar-refractivity contribution is 0.426. The van der Waals surface area contributed by atoms with Crippen LogP contribution in [0.5, 0.6) is 0 Å². The molecule has 0 aliphatic heterocycles. The van der Waals surface area contributed by atoms with Crippen LogP contribution in [0.3, 0.4) is 0 Å². The van der Waals surface area contributed by atoms with Crippen LogP contribution in [0.4, 0.5) is 0 Å². The van der Waals surface area contributed by atoms with E-state index in [-0.39, 0.29) is 5.76 Å². The SMILES string of the molecule is C=C(O)/C(C)=C/C. The van der Waals surface area contributed by atoms with Crippen molar-refractivity contribution in [3.63, 3.8) is 0 Å². The summed E-state index contributed by atoms with van der Waals surface area (Å²) in [6.45, 7) is 6.98. The highest BCUT2D eigenvalue weighted by Gasteiger charge is 1.84. The number of aliphatic hydroxyl groups is 1. The van der Waals surface area contributed by atoms with Crippen LogP contribution in [0.2, 0.25) is 0 Å². The molecule has 1 nitrogen and oxygen atoms in total. The molecule has 7 heavy (non-hydrogen) atoms. The Hall–Kier alpha value is -0.720. The Labute approximate surface area is 44.0 Å². The van der Waals surface area contributed by atoms with Gasteiger partial charge in [-0.1, -0.05) is 12.7 Å². The molecule has 0 bridgehead atoms. The normalized spacial score (nSPS) is 11.4. The number of hydrogen-bond donors (Lipinski definition) is 1. The van der Waals surface area contributed by atoms with Gasteiger partial charge in [0.05, 0.1) is 0 Å². The predicted octanol–water partition coefficient (Wildman–Crippen LogP) is 2.02. The second-order valence-corrected chi connectivity index (χ2v) is 1.42. The average Bonchev–Trinajstić information content (AvgIpc) is 1.65. The van der Waals surface area contributed by atoms with Gasteiger partial charge >= 0.3 is 0 Å². The summed E-state index contributed by atoms with van der Waals surface area (Å²) < 4.78 is 0. The van der Waals surface area contributed by atoms with Crippen molar-refractivity contribution in [2.45, 2.75) is 13.8 Å². The van der Waals surface area contributed by atoms with Gasteiger partial charge in [0.25, 0.3) is 0 Å². The van der Waals surface area contributed by atoms with Crippen LogP contribution in [0, 0.1) is 0 Å². The van der Waals surface area contributed by atoms with E-state index in [1.807, 2.05) is 19.9 Å². The minimum Gasteiger partial charge on any atom is -0.508 e. The van der Waals surface area contributed by atoms with Gasteiger partial charge in [0, 0.05) is 0 Å². The minimum absolute atomic E-state index is 0.155. The van der Waals surface area contributed by atoms with Gasteiger partial charge in [0.2, 0.25) is 0 Å². The summed E-state index contributed by atoms with van der Waals surface area (Å²) in [6.07, 6.45) is 1.81. The fourth-order valence-corrected chi connectivity index (χ4v) is 0.167. The van der Waals surface area contributed by atoms with E-state index in [9.17, 15) is 0 Å². The van der Waals surface area contributed by atoms with E-state index in [4.69, 9.17) is 5.11 Å². The summed E-state index contributed by atoms with van der Waals surface area (Å²) in [5.74, 6) is 0.155.